The van der Waals surface area contributed by atoms with Gasteiger partial charge in [0.05, 0.1) is 6.10 Å². The lowest BCUT2D eigenvalue weighted by Crippen LogP contribution is -2.55. The fourth-order valence-corrected chi connectivity index (χ4v) is 3.75. The Kier molecular flexibility index (Phi) is 3.43. The van der Waals surface area contributed by atoms with Gasteiger partial charge in [-0.3, -0.25) is 0 Å². The van der Waals surface area contributed by atoms with Crippen LogP contribution in [0.5, 0.6) is 0 Å². The number of ether oxygens (including phenoxy) is 1. The Morgan fingerprint density at radius 1 is 1.32 bits per heavy atom. The first kappa shape index (κ1) is 13.2. The molecule has 2 amide bonds. The molecule has 0 radical (unpaired) electrons. The summed E-state index contributed by atoms with van der Waals surface area (Å²) in [7, 11) is 1.77. The molecular formula is C14H25N3O2. The summed E-state index contributed by atoms with van der Waals surface area (Å²) in [4.78, 5) is 14.2. The molecule has 3 fully saturated rings. The van der Waals surface area contributed by atoms with E-state index in [4.69, 9.17) is 10.5 Å². The lowest BCUT2D eigenvalue weighted by molar-refractivity contribution is 0.0628. The van der Waals surface area contributed by atoms with Crippen LogP contribution >= 0.6 is 0 Å². The summed E-state index contributed by atoms with van der Waals surface area (Å²) in [6.07, 6.45) is 6.77. The van der Waals surface area contributed by atoms with E-state index in [0.29, 0.717) is 18.1 Å². The van der Waals surface area contributed by atoms with Gasteiger partial charge in [0, 0.05) is 31.8 Å². The minimum absolute atomic E-state index is 0.0783. The standard InChI is InChI=1S/C14H25N3O2/c1-19-12-4-2-11(3-5-12)16-13(18)17-8-10-6-7-14(10,15)9-17/h10-12H,2-9,15H2,1H3,(H,16,18)/t10-,11?,12?,14-/m0/s1. The molecule has 2 aliphatic carbocycles. The molecule has 0 unspecified atom stereocenters. The molecule has 2 atom stereocenters. The second-order valence-corrected chi connectivity index (χ2v) is 6.51. The second-order valence-electron chi connectivity index (χ2n) is 6.51. The Morgan fingerprint density at radius 3 is 2.53 bits per heavy atom. The molecule has 5 heteroatoms. The molecule has 0 aromatic heterocycles. The first-order valence-corrected chi connectivity index (χ1v) is 7.48. The molecule has 0 bridgehead atoms. The Hall–Kier alpha value is -0.810. The van der Waals surface area contributed by atoms with Crippen LogP contribution in [0.15, 0.2) is 0 Å². The van der Waals surface area contributed by atoms with Crippen molar-refractivity contribution in [2.24, 2.45) is 11.7 Å². The molecule has 0 spiro atoms. The first-order valence-electron chi connectivity index (χ1n) is 7.48. The highest BCUT2D eigenvalue weighted by Gasteiger charge is 2.51. The smallest absolute Gasteiger partial charge is 0.317 e. The normalized spacial score (nSPS) is 41.6. The lowest BCUT2D eigenvalue weighted by atomic mass is 9.70. The van der Waals surface area contributed by atoms with E-state index >= 15 is 0 Å². The maximum atomic E-state index is 12.3. The van der Waals surface area contributed by atoms with Crippen molar-refractivity contribution in [2.75, 3.05) is 20.2 Å². The van der Waals surface area contributed by atoms with Crippen LogP contribution in [0.1, 0.15) is 38.5 Å². The van der Waals surface area contributed by atoms with Crippen molar-refractivity contribution < 1.29 is 9.53 Å². The summed E-state index contributed by atoms with van der Waals surface area (Å²) in [6, 6.07) is 0.394. The third-order valence-electron chi connectivity index (χ3n) is 5.32. The molecule has 0 aromatic rings. The molecule has 0 aromatic carbocycles. The number of likely N-dealkylation sites (tertiary alicyclic amines) is 1. The molecule has 2 saturated carbocycles. The SMILES string of the molecule is COC1CCC(NC(=O)N2C[C@@H]3CC[C@]3(N)C2)CC1. The maximum Gasteiger partial charge on any atom is 0.317 e. The molecule has 3 N–H and O–H groups in total. The van der Waals surface area contributed by atoms with Gasteiger partial charge in [0.25, 0.3) is 0 Å². The quantitative estimate of drug-likeness (QED) is 0.786. The minimum Gasteiger partial charge on any atom is -0.381 e. The number of nitrogens with zero attached hydrogens (tertiary/aromatic N) is 1. The largest absolute Gasteiger partial charge is 0.381 e. The molecule has 19 heavy (non-hydrogen) atoms. The molecule has 1 aliphatic heterocycles. The average Bonchev–Trinajstić information content (AvgIpc) is 2.64. The van der Waals surface area contributed by atoms with Gasteiger partial charge in [0.2, 0.25) is 0 Å². The van der Waals surface area contributed by atoms with Gasteiger partial charge in [-0.15, -0.1) is 0 Å². The van der Waals surface area contributed by atoms with Crippen molar-refractivity contribution in [3.63, 3.8) is 0 Å². The number of rotatable bonds is 2. The number of amides is 2. The molecule has 1 saturated heterocycles. The fourth-order valence-electron chi connectivity index (χ4n) is 3.75. The van der Waals surface area contributed by atoms with E-state index < -0.39 is 0 Å². The summed E-state index contributed by atoms with van der Waals surface area (Å²) >= 11 is 0. The van der Waals surface area contributed by atoms with Crippen LogP contribution in [-0.2, 0) is 4.74 Å². The molecule has 1 heterocycles. The number of fused-ring (bicyclic) bond motifs is 1. The van der Waals surface area contributed by atoms with Crippen molar-refractivity contribution in [3.05, 3.63) is 0 Å². The van der Waals surface area contributed by atoms with Crippen LogP contribution in [0.3, 0.4) is 0 Å². The van der Waals surface area contributed by atoms with Gasteiger partial charge >= 0.3 is 6.03 Å². The number of hydrogen-bond donors (Lipinski definition) is 2. The van der Waals surface area contributed by atoms with E-state index in [1.54, 1.807) is 7.11 Å². The Labute approximate surface area is 114 Å². The van der Waals surface area contributed by atoms with E-state index in [9.17, 15) is 4.79 Å². The summed E-state index contributed by atoms with van der Waals surface area (Å²) in [6.45, 7) is 1.58. The maximum absolute atomic E-state index is 12.3. The van der Waals surface area contributed by atoms with Gasteiger partial charge in [0.1, 0.15) is 0 Å². The van der Waals surface area contributed by atoms with Crippen LogP contribution in [-0.4, -0.2) is 48.8 Å². The second kappa shape index (κ2) is 4.94. The van der Waals surface area contributed by atoms with Gasteiger partial charge in [-0.25, -0.2) is 4.79 Å². The zero-order chi connectivity index (χ0) is 13.5. The summed E-state index contributed by atoms with van der Waals surface area (Å²) < 4.78 is 5.35. The van der Waals surface area contributed by atoms with Gasteiger partial charge < -0.3 is 20.7 Å². The highest BCUT2D eigenvalue weighted by Crippen LogP contribution is 2.42. The average molecular weight is 267 g/mol. The summed E-state index contributed by atoms with van der Waals surface area (Å²) in [5.41, 5.74) is 6.19. The van der Waals surface area contributed by atoms with Crippen LogP contribution < -0.4 is 11.1 Å². The number of nitrogens with two attached hydrogens (primary N) is 1. The zero-order valence-electron chi connectivity index (χ0n) is 11.7. The monoisotopic (exact) mass is 267 g/mol. The number of nitrogens with one attached hydrogen (secondary N) is 1. The number of carbonyl (C=O) groups is 1. The number of carbonyl (C=O) groups excluding carboxylic acids is 1. The third-order valence-corrected chi connectivity index (χ3v) is 5.32. The number of hydrogen-bond acceptors (Lipinski definition) is 3. The fraction of sp³-hybridized carbons (Fsp3) is 0.929. The van der Waals surface area contributed by atoms with Crippen LogP contribution in [0.2, 0.25) is 0 Å². The predicted molar refractivity (Wildman–Crippen MR) is 72.8 cm³/mol. The highest BCUT2D eigenvalue weighted by molar-refractivity contribution is 5.75. The predicted octanol–water partition coefficient (Wildman–Crippen LogP) is 1.08. The van der Waals surface area contributed by atoms with Crippen molar-refractivity contribution >= 4 is 6.03 Å². The van der Waals surface area contributed by atoms with Gasteiger partial charge in [-0.05, 0) is 44.4 Å². The Morgan fingerprint density at radius 2 is 2.05 bits per heavy atom. The minimum atomic E-state index is -0.0783. The van der Waals surface area contributed by atoms with E-state index in [1.807, 2.05) is 4.90 Å². The first-order chi connectivity index (χ1) is 9.10. The van der Waals surface area contributed by atoms with Crippen molar-refractivity contribution in [1.29, 1.82) is 0 Å². The highest BCUT2D eigenvalue weighted by atomic mass is 16.5. The van der Waals surface area contributed by atoms with Crippen molar-refractivity contribution in [2.45, 2.75) is 56.2 Å². The van der Waals surface area contributed by atoms with E-state index in [1.165, 1.54) is 6.42 Å². The lowest BCUT2D eigenvalue weighted by Gasteiger charge is -2.39. The Bertz CT molecular complexity index is 355. The van der Waals surface area contributed by atoms with Crippen molar-refractivity contribution in [1.82, 2.24) is 10.2 Å². The molecule has 108 valence electrons. The molecule has 3 rings (SSSR count). The van der Waals surface area contributed by atoms with Crippen LogP contribution in [0.4, 0.5) is 4.79 Å². The third kappa shape index (κ3) is 2.46. The van der Waals surface area contributed by atoms with Gasteiger partial charge in [0.15, 0.2) is 0 Å². The topological polar surface area (TPSA) is 67.6 Å². The van der Waals surface area contributed by atoms with E-state index in [2.05, 4.69) is 5.32 Å². The van der Waals surface area contributed by atoms with E-state index in [0.717, 1.165) is 45.2 Å². The van der Waals surface area contributed by atoms with Crippen LogP contribution in [0.25, 0.3) is 0 Å². The van der Waals surface area contributed by atoms with Gasteiger partial charge in [-0.1, -0.05) is 0 Å². The number of urea groups is 1. The van der Waals surface area contributed by atoms with Crippen LogP contribution in [0, 0.1) is 5.92 Å². The van der Waals surface area contributed by atoms with Crippen molar-refractivity contribution in [3.8, 4) is 0 Å². The summed E-state index contributed by atoms with van der Waals surface area (Å²) in [5, 5.41) is 3.17. The number of methoxy groups -OCH3 is 1. The zero-order valence-corrected chi connectivity index (χ0v) is 11.7. The molecular weight excluding hydrogens is 242 g/mol. The molecule has 5 nitrogen and oxygen atoms in total. The Balaban J connectivity index is 1.47. The van der Waals surface area contributed by atoms with E-state index in [-0.39, 0.29) is 11.6 Å². The molecule has 3 aliphatic rings. The summed E-state index contributed by atoms with van der Waals surface area (Å²) in [5.74, 6) is 0.530. The van der Waals surface area contributed by atoms with Gasteiger partial charge in [-0.2, -0.15) is 0 Å².